The van der Waals surface area contributed by atoms with Crippen molar-refractivity contribution < 1.29 is 14.8 Å². The lowest BCUT2D eigenvalue weighted by molar-refractivity contribution is -0.384. The molecule has 18 heavy (non-hydrogen) atoms. The van der Waals surface area contributed by atoms with E-state index in [2.05, 4.69) is 9.97 Å². The highest BCUT2D eigenvalue weighted by Crippen LogP contribution is 2.16. The number of aromatic nitrogens is 2. The van der Waals surface area contributed by atoms with Gasteiger partial charge in [-0.05, 0) is 6.07 Å². The van der Waals surface area contributed by atoms with Crippen LogP contribution in [0, 0.1) is 16.0 Å². The lowest BCUT2D eigenvalue weighted by Crippen LogP contribution is -2.03. The zero-order valence-electron chi connectivity index (χ0n) is 9.95. The minimum Gasteiger partial charge on any atom is -0.481 e. The number of benzene rings is 1. The highest BCUT2D eigenvalue weighted by molar-refractivity contribution is 5.76. The second kappa shape index (κ2) is 5.76. The molecule has 7 nitrogen and oxygen atoms in total. The second-order valence-corrected chi connectivity index (χ2v) is 3.85. The molecule has 0 fully saturated rings. The average Bonchev–Trinajstić information content (AvgIpc) is 2.76. The summed E-state index contributed by atoms with van der Waals surface area (Å²) in [7, 11) is 0. The van der Waals surface area contributed by atoms with Crippen LogP contribution in [0.25, 0.3) is 11.0 Å². The van der Waals surface area contributed by atoms with Crippen molar-refractivity contribution >= 4 is 22.7 Å². The predicted octanol–water partition coefficient (Wildman–Crippen LogP) is 2.20. The van der Waals surface area contributed by atoms with Crippen LogP contribution < -0.4 is 0 Å². The number of hydrogen-bond acceptors (Lipinski definition) is 4. The van der Waals surface area contributed by atoms with E-state index in [1.165, 1.54) is 18.5 Å². The molecule has 1 aromatic carbocycles. The van der Waals surface area contributed by atoms with Gasteiger partial charge in [-0.25, -0.2) is 4.98 Å². The van der Waals surface area contributed by atoms with Gasteiger partial charge in [0.1, 0.15) is 0 Å². The molecular formula is C11H13N3O4. The molecule has 0 unspecified atom stereocenters. The molecule has 0 aliphatic rings. The SMILES string of the molecule is CC(C)C(=O)O.O=[N+]([O-])c1ccc2[nH]cnc2c1. The highest BCUT2D eigenvalue weighted by atomic mass is 16.6. The summed E-state index contributed by atoms with van der Waals surface area (Å²) in [6, 6.07) is 4.52. The van der Waals surface area contributed by atoms with E-state index >= 15 is 0 Å². The molecule has 2 aromatic rings. The van der Waals surface area contributed by atoms with Gasteiger partial charge in [-0.1, -0.05) is 13.8 Å². The van der Waals surface area contributed by atoms with Crippen molar-refractivity contribution in [1.29, 1.82) is 0 Å². The van der Waals surface area contributed by atoms with Crippen molar-refractivity contribution in [3.63, 3.8) is 0 Å². The smallest absolute Gasteiger partial charge is 0.305 e. The lowest BCUT2D eigenvalue weighted by Gasteiger charge is -1.89. The molecule has 0 saturated carbocycles. The van der Waals surface area contributed by atoms with Crippen LogP contribution in [0.15, 0.2) is 24.5 Å². The highest BCUT2D eigenvalue weighted by Gasteiger charge is 2.06. The summed E-state index contributed by atoms with van der Waals surface area (Å²) in [6.45, 7) is 3.28. The largest absolute Gasteiger partial charge is 0.481 e. The van der Waals surface area contributed by atoms with Gasteiger partial charge in [0, 0.05) is 12.1 Å². The molecule has 0 radical (unpaired) electrons. The maximum absolute atomic E-state index is 10.3. The summed E-state index contributed by atoms with van der Waals surface area (Å²) in [5.41, 5.74) is 1.49. The van der Waals surface area contributed by atoms with Gasteiger partial charge in [-0.3, -0.25) is 14.9 Å². The number of rotatable bonds is 2. The van der Waals surface area contributed by atoms with Crippen molar-refractivity contribution in [2.24, 2.45) is 5.92 Å². The van der Waals surface area contributed by atoms with E-state index in [-0.39, 0.29) is 11.6 Å². The number of imidazole rings is 1. The Morgan fingerprint density at radius 1 is 1.50 bits per heavy atom. The van der Waals surface area contributed by atoms with Gasteiger partial charge in [0.25, 0.3) is 5.69 Å². The van der Waals surface area contributed by atoms with E-state index in [9.17, 15) is 14.9 Å². The van der Waals surface area contributed by atoms with Crippen LogP contribution >= 0.6 is 0 Å². The number of aliphatic carboxylic acids is 1. The number of fused-ring (bicyclic) bond motifs is 1. The van der Waals surface area contributed by atoms with Crippen LogP contribution in [-0.2, 0) is 4.79 Å². The van der Waals surface area contributed by atoms with Crippen molar-refractivity contribution in [2.45, 2.75) is 13.8 Å². The van der Waals surface area contributed by atoms with Crippen molar-refractivity contribution in [3.8, 4) is 0 Å². The molecule has 0 bridgehead atoms. The van der Waals surface area contributed by atoms with Crippen LogP contribution in [0.4, 0.5) is 5.69 Å². The summed E-state index contributed by atoms with van der Waals surface area (Å²) in [6.07, 6.45) is 1.51. The van der Waals surface area contributed by atoms with Crippen molar-refractivity contribution in [3.05, 3.63) is 34.6 Å². The maximum atomic E-state index is 10.3. The number of carbonyl (C=O) groups is 1. The molecule has 2 rings (SSSR count). The summed E-state index contributed by atoms with van der Waals surface area (Å²) < 4.78 is 0. The fourth-order valence-electron chi connectivity index (χ4n) is 1.03. The average molecular weight is 251 g/mol. The van der Waals surface area contributed by atoms with Crippen LogP contribution in [0.2, 0.25) is 0 Å². The Hall–Kier alpha value is -2.44. The predicted molar refractivity (Wildman–Crippen MR) is 65.2 cm³/mol. The molecule has 7 heteroatoms. The van der Waals surface area contributed by atoms with Gasteiger partial charge < -0.3 is 10.1 Å². The van der Waals surface area contributed by atoms with Gasteiger partial charge >= 0.3 is 5.97 Å². The molecule has 1 heterocycles. The van der Waals surface area contributed by atoms with E-state index < -0.39 is 10.9 Å². The summed E-state index contributed by atoms with van der Waals surface area (Å²) >= 11 is 0. The molecule has 0 aliphatic heterocycles. The summed E-state index contributed by atoms with van der Waals surface area (Å²) in [5, 5.41) is 18.3. The normalized spacial score (nSPS) is 9.94. The van der Waals surface area contributed by atoms with E-state index in [1.54, 1.807) is 19.9 Å². The van der Waals surface area contributed by atoms with E-state index in [1.807, 2.05) is 0 Å². The number of nitrogens with one attached hydrogen (secondary N) is 1. The Morgan fingerprint density at radius 2 is 2.11 bits per heavy atom. The molecule has 2 N–H and O–H groups in total. The van der Waals surface area contributed by atoms with Crippen LogP contribution in [0.1, 0.15) is 13.8 Å². The van der Waals surface area contributed by atoms with Gasteiger partial charge in [-0.2, -0.15) is 0 Å². The zero-order chi connectivity index (χ0) is 13.7. The number of carboxylic acids is 1. The Morgan fingerprint density at radius 3 is 2.61 bits per heavy atom. The topological polar surface area (TPSA) is 109 Å². The first-order valence-electron chi connectivity index (χ1n) is 5.22. The fraction of sp³-hybridized carbons (Fsp3) is 0.273. The van der Waals surface area contributed by atoms with Crippen LogP contribution in [0.3, 0.4) is 0 Å². The Balaban J connectivity index is 0.000000232. The van der Waals surface area contributed by atoms with E-state index in [0.29, 0.717) is 5.52 Å². The van der Waals surface area contributed by atoms with Gasteiger partial charge in [0.2, 0.25) is 0 Å². The number of aromatic amines is 1. The molecule has 1 aromatic heterocycles. The minimum absolute atomic E-state index is 0.0644. The number of H-pyrrole nitrogens is 1. The second-order valence-electron chi connectivity index (χ2n) is 3.85. The van der Waals surface area contributed by atoms with Gasteiger partial charge in [-0.15, -0.1) is 0 Å². The minimum atomic E-state index is -0.741. The lowest BCUT2D eigenvalue weighted by atomic mass is 10.2. The zero-order valence-corrected chi connectivity index (χ0v) is 9.95. The molecule has 0 saturated heterocycles. The third-order valence-corrected chi connectivity index (χ3v) is 2.11. The van der Waals surface area contributed by atoms with Gasteiger partial charge in [0.05, 0.1) is 28.2 Å². The molecule has 0 atom stereocenters. The van der Waals surface area contributed by atoms with Crippen LogP contribution in [-0.4, -0.2) is 26.0 Å². The first kappa shape index (κ1) is 13.6. The molecule has 0 amide bonds. The van der Waals surface area contributed by atoms with Crippen LogP contribution in [0.5, 0.6) is 0 Å². The quantitative estimate of drug-likeness (QED) is 0.628. The summed E-state index contributed by atoms with van der Waals surface area (Å²) in [5.74, 6) is -0.972. The Bertz CT molecular complexity index is 562. The number of nitrogens with zero attached hydrogens (tertiary/aromatic N) is 2. The van der Waals surface area contributed by atoms with E-state index in [0.717, 1.165) is 5.52 Å². The Kier molecular flexibility index (Phi) is 4.36. The number of carboxylic acid groups (broad SMARTS) is 1. The first-order chi connectivity index (χ1) is 8.41. The molecular weight excluding hydrogens is 238 g/mol. The van der Waals surface area contributed by atoms with Crippen molar-refractivity contribution in [1.82, 2.24) is 9.97 Å². The molecule has 0 spiro atoms. The van der Waals surface area contributed by atoms with Gasteiger partial charge in [0.15, 0.2) is 0 Å². The van der Waals surface area contributed by atoms with Crippen molar-refractivity contribution in [2.75, 3.05) is 0 Å². The number of nitro benzene ring substituents is 1. The molecule has 96 valence electrons. The fourth-order valence-corrected chi connectivity index (χ4v) is 1.03. The number of non-ortho nitro benzene ring substituents is 1. The standard InChI is InChI=1S/C7H5N3O2.C4H8O2/c11-10(12)5-1-2-6-7(3-5)9-4-8-6;1-3(2)4(5)6/h1-4H,(H,8,9);3H,1-2H3,(H,5,6). The number of hydrogen-bond donors (Lipinski definition) is 2. The van der Waals surface area contributed by atoms with E-state index in [4.69, 9.17) is 5.11 Å². The number of nitro groups is 1. The Labute approximate surface area is 103 Å². The monoisotopic (exact) mass is 251 g/mol. The third kappa shape index (κ3) is 3.55. The third-order valence-electron chi connectivity index (χ3n) is 2.11. The summed E-state index contributed by atoms with van der Waals surface area (Å²) in [4.78, 5) is 26.4. The molecule has 0 aliphatic carbocycles. The first-order valence-corrected chi connectivity index (χ1v) is 5.22. The maximum Gasteiger partial charge on any atom is 0.305 e.